The SMILES string of the molecule is CC(C)(C)[SiH2]OC(C)(C)c1c(Br)cccc1-n1ccc2ccc(C3(C)CC3)cc2c1=O. The monoisotopic (exact) mass is 497 g/mol. The normalized spacial score (nSPS) is 16.4. The minimum Gasteiger partial charge on any atom is -0.414 e. The maximum Gasteiger partial charge on any atom is 0.262 e. The van der Waals surface area contributed by atoms with Crippen molar-refractivity contribution in [2.75, 3.05) is 0 Å². The molecule has 0 amide bonds. The average Bonchev–Trinajstić information content (AvgIpc) is 3.44. The van der Waals surface area contributed by atoms with Crippen molar-refractivity contribution < 1.29 is 4.43 Å². The summed E-state index contributed by atoms with van der Waals surface area (Å²) in [5.74, 6) is 0. The fraction of sp³-hybridized carbons (Fsp3) is 0.423. The van der Waals surface area contributed by atoms with Crippen LogP contribution in [-0.2, 0) is 15.4 Å². The topological polar surface area (TPSA) is 31.2 Å². The first-order valence-corrected chi connectivity index (χ1v) is 13.1. The lowest BCUT2D eigenvalue weighted by molar-refractivity contribution is 0.108. The maximum absolute atomic E-state index is 13.7. The highest BCUT2D eigenvalue weighted by Crippen LogP contribution is 2.48. The third kappa shape index (κ3) is 4.46. The van der Waals surface area contributed by atoms with Gasteiger partial charge in [-0.25, -0.2) is 0 Å². The molecule has 3 aromatic rings. The van der Waals surface area contributed by atoms with E-state index in [4.69, 9.17) is 4.43 Å². The first-order valence-electron chi connectivity index (χ1n) is 11.0. The van der Waals surface area contributed by atoms with Crippen LogP contribution in [0.3, 0.4) is 0 Å². The minimum atomic E-state index is -0.776. The van der Waals surface area contributed by atoms with Gasteiger partial charge in [-0.1, -0.05) is 61.8 Å². The highest BCUT2D eigenvalue weighted by molar-refractivity contribution is 9.10. The molecule has 1 aliphatic carbocycles. The molecule has 1 aliphatic rings. The lowest BCUT2D eigenvalue weighted by atomic mass is 9.95. The molecule has 4 rings (SSSR count). The lowest BCUT2D eigenvalue weighted by Gasteiger charge is -2.33. The van der Waals surface area contributed by atoms with Gasteiger partial charge in [0.25, 0.3) is 5.56 Å². The Morgan fingerprint density at radius 1 is 1.06 bits per heavy atom. The van der Waals surface area contributed by atoms with E-state index in [1.54, 1.807) is 4.57 Å². The molecule has 1 fully saturated rings. The van der Waals surface area contributed by atoms with Crippen LogP contribution in [0.15, 0.2) is 57.9 Å². The first kappa shape index (κ1) is 22.5. The summed E-state index contributed by atoms with van der Waals surface area (Å²) in [6.45, 7) is 13.2. The molecule has 0 N–H and O–H groups in total. The summed E-state index contributed by atoms with van der Waals surface area (Å²) in [6, 6.07) is 14.4. The Hall–Kier alpha value is -1.69. The number of pyridine rings is 1. The molecular weight excluding hydrogens is 466 g/mol. The Morgan fingerprint density at radius 3 is 2.42 bits per heavy atom. The molecule has 0 radical (unpaired) electrons. The Bertz CT molecular complexity index is 1200. The number of nitrogens with zero attached hydrogens (tertiary/aromatic N) is 1. The van der Waals surface area contributed by atoms with Gasteiger partial charge < -0.3 is 4.43 Å². The second-order valence-corrected chi connectivity index (χ2v) is 14.4. The van der Waals surface area contributed by atoms with Crippen LogP contribution in [0.4, 0.5) is 0 Å². The summed E-state index contributed by atoms with van der Waals surface area (Å²) in [5.41, 5.74) is 2.90. The number of hydrogen-bond acceptors (Lipinski definition) is 2. The molecule has 3 nitrogen and oxygen atoms in total. The lowest BCUT2D eigenvalue weighted by Crippen LogP contribution is -2.30. The molecule has 1 heterocycles. The van der Waals surface area contributed by atoms with E-state index in [0.29, 0.717) is 0 Å². The molecule has 0 unspecified atom stereocenters. The highest BCUT2D eigenvalue weighted by atomic mass is 79.9. The summed E-state index contributed by atoms with van der Waals surface area (Å²) in [7, 11) is -0.776. The van der Waals surface area contributed by atoms with Gasteiger partial charge in [-0.2, -0.15) is 0 Å². The highest BCUT2D eigenvalue weighted by Gasteiger charge is 2.39. The smallest absolute Gasteiger partial charge is 0.262 e. The fourth-order valence-electron chi connectivity index (χ4n) is 4.06. The molecule has 0 aliphatic heterocycles. The Morgan fingerprint density at radius 2 is 1.77 bits per heavy atom. The molecule has 0 spiro atoms. The molecule has 2 aromatic carbocycles. The molecule has 5 heteroatoms. The van der Waals surface area contributed by atoms with Gasteiger partial charge in [-0.15, -0.1) is 0 Å². The third-order valence-electron chi connectivity index (χ3n) is 6.32. The van der Waals surface area contributed by atoms with E-state index in [0.717, 1.165) is 26.5 Å². The zero-order chi connectivity index (χ0) is 22.6. The number of aromatic nitrogens is 1. The van der Waals surface area contributed by atoms with Crippen molar-refractivity contribution in [1.82, 2.24) is 4.57 Å². The van der Waals surface area contributed by atoms with Crippen LogP contribution in [0.5, 0.6) is 0 Å². The summed E-state index contributed by atoms with van der Waals surface area (Å²) in [5, 5.41) is 1.96. The molecule has 0 bridgehead atoms. The number of rotatable bonds is 5. The zero-order valence-corrected chi connectivity index (χ0v) is 22.4. The number of hydrogen-bond donors (Lipinski definition) is 0. The van der Waals surface area contributed by atoms with Gasteiger partial charge in [-0.05, 0) is 72.4 Å². The van der Waals surface area contributed by atoms with E-state index in [2.05, 4.69) is 75.7 Å². The summed E-state index contributed by atoms with van der Waals surface area (Å²) in [4.78, 5) is 13.7. The van der Waals surface area contributed by atoms with E-state index in [9.17, 15) is 4.79 Å². The molecule has 31 heavy (non-hydrogen) atoms. The largest absolute Gasteiger partial charge is 0.414 e. The van der Waals surface area contributed by atoms with Gasteiger partial charge in [0.15, 0.2) is 9.76 Å². The van der Waals surface area contributed by atoms with Crippen molar-refractivity contribution in [2.24, 2.45) is 0 Å². The summed E-state index contributed by atoms with van der Waals surface area (Å²) >= 11 is 3.74. The number of halogens is 1. The van der Waals surface area contributed by atoms with E-state index < -0.39 is 15.4 Å². The van der Waals surface area contributed by atoms with Gasteiger partial charge in [0, 0.05) is 21.6 Å². The van der Waals surface area contributed by atoms with E-state index >= 15 is 0 Å². The van der Waals surface area contributed by atoms with Gasteiger partial charge in [0.05, 0.1) is 11.3 Å². The van der Waals surface area contributed by atoms with Crippen molar-refractivity contribution in [3.8, 4) is 5.69 Å². The fourth-order valence-corrected chi connectivity index (χ4v) is 5.83. The van der Waals surface area contributed by atoms with E-state index in [1.165, 1.54) is 18.4 Å². The second kappa shape index (κ2) is 7.71. The van der Waals surface area contributed by atoms with Crippen LogP contribution in [0.2, 0.25) is 5.04 Å². The molecular formula is C26H32BrNO2Si. The van der Waals surface area contributed by atoms with Gasteiger partial charge in [0.1, 0.15) is 0 Å². The Labute approximate surface area is 195 Å². The number of fused-ring (bicyclic) bond motifs is 1. The zero-order valence-electron chi connectivity index (χ0n) is 19.4. The van der Waals surface area contributed by atoms with Gasteiger partial charge in [0.2, 0.25) is 0 Å². The quantitative estimate of drug-likeness (QED) is 0.384. The standard InChI is InChI=1S/C26H32BrNO2Si/c1-24(2,3)31-30-25(4,5)22-20(27)8-7-9-21(22)28-15-12-17-10-11-18(26(6)13-14-26)16-19(17)23(28)29/h7-12,15-16H,13-14,31H2,1-6H3. The van der Waals surface area contributed by atoms with E-state index in [-0.39, 0.29) is 16.0 Å². The van der Waals surface area contributed by atoms with Crippen LogP contribution in [0, 0.1) is 0 Å². The molecule has 1 aromatic heterocycles. The van der Waals surface area contributed by atoms with Crippen molar-refractivity contribution in [3.63, 3.8) is 0 Å². The minimum absolute atomic E-state index is 0.0202. The molecule has 164 valence electrons. The van der Waals surface area contributed by atoms with Gasteiger partial charge >= 0.3 is 0 Å². The van der Waals surface area contributed by atoms with Crippen molar-refractivity contribution in [3.05, 3.63) is 74.6 Å². The van der Waals surface area contributed by atoms with Crippen molar-refractivity contribution >= 4 is 36.5 Å². The maximum atomic E-state index is 13.7. The summed E-state index contributed by atoms with van der Waals surface area (Å²) in [6.07, 6.45) is 4.28. The van der Waals surface area contributed by atoms with Crippen LogP contribution < -0.4 is 5.56 Å². The van der Waals surface area contributed by atoms with Crippen LogP contribution in [0.25, 0.3) is 16.5 Å². The Kier molecular flexibility index (Phi) is 5.60. The third-order valence-corrected chi connectivity index (χ3v) is 8.71. The average molecular weight is 499 g/mol. The van der Waals surface area contributed by atoms with Crippen molar-refractivity contribution in [2.45, 2.75) is 70.4 Å². The molecule has 0 atom stereocenters. The first-order chi connectivity index (χ1) is 14.4. The second-order valence-electron chi connectivity index (χ2n) is 10.8. The number of benzene rings is 2. The van der Waals surface area contributed by atoms with Crippen LogP contribution in [0.1, 0.15) is 65.5 Å². The van der Waals surface area contributed by atoms with Gasteiger partial charge in [-0.3, -0.25) is 9.36 Å². The van der Waals surface area contributed by atoms with Crippen molar-refractivity contribution in [1.29, 1.82) is 0 Å². The van der Waals surface area contributed by atoms with Crippen LogP contribution in [-0.4, -0.2) is 14.3 Å². The predicted octanol–water partition coefficient (Wildman–Crippen LogP) is 6.36. The summed E-state index contributed by atoms with van der Waals surface area (Å²) < 4.78 is 9.26. The predicted molar refractivity (Wildman–Crippen MR) is 136 cm³/mol. The molecule has 1 saturated carbocycles. The Balaban J connectivity index is 1.86. The van der Waals surface area contributed by atoms with Crippen LogP contribution >= 0.6 is 15.9 Å². The molecule has 0 saturated heterocycles. The van der Waals surface area contributed by atoms with E-state index in [1.807, 2.05) is 30.5 Å².